The van der Waals surface area contributed by atoms with Crippen molar-refractivity contribution in [1.82, 2.24) is 15.4 Å². The lowest BCUT2D eigenvalue weighted by molar-refractivity contribution is 0.478. The minimum absolute atomic E-state index is 0.117. The number of phenols is 1. The zero-order valence-electron chi connectivity index (χ0n) is 10.7. The number of benzene rings is 1. The number of phenolic OH excluding ortho intramolecular Hbond substituents is 1. The first-order valence-electron chi connectivity index (χ1n) is 5.82. The van der Waals surface area contributed by atoms with Crippen LogP contribution in [0.25, 0.3) is 0 Å². The second-order valence-corrected chi connectivity index (χ2v) is 4.28. The first-order chi connectivity index (χ1) is 9.66. The molecule has 6 nitrogen and oxygen atoms in total. The summed E-state index contributed by atoms with van der Waals surface area (Å²) in [6, 6.07) is 6.80. The Morgan fingerprint density at radius 1 is 1.30 bits per heavy atom. The Morgan fingerprint density at radius 3 is 2.80 bits per heavy atom. The Morgan fingerprint density at radius 2 is 2.10 bits per heavy atom. The second kappa shape index (κ2) is 6.58. The van der Waals surface area contributed by atoms with E-state index in [2.05, 4.69) is 25.8 Å². The Balaban J connectivity index is 1.97. The highest BCUT2D eigenvalue weighted by atomic mass is 32.1. The largest absolute Gasteiger partial charge is 0.506 e. The Kier molecular flexibility index (Phi) is 4.56. The molecule has 0 aliphatic heterocycles. The van der Waals surface area contributed by atoms with Gasteiger partial charge in [0.15, 0.2) is 5.11 Å². The molecule has 0 spiro atoms. The maximum atomic E-state index is 9.61. The highest BCUT2D eigenvalue weighted by Gasteiger charge is 2.02. The van der Waals surface area contributed by atoms with E-state index in [1.165, 1.54) is 0 Å². The molecule has 0 bridgehead atoms. The lowest BCUT2D eigenvalue weighted by Crippen LogP contribution is -2.25. The monoisotopic (exact) mass is 287 g/mol. The van der Waals surface area contributed by atoms with Crippen LogP contribution in [0.5, 0.6) is 5.75 Å². The van der Waals surface area contributed by atoms with Crippen LogP contribution in [0, 0.1) is 0 Å². The number of para-hydroxylation sites is 2. The van der Waals surface area contributed by atoms with Crippen LogP contribution >= 0.6 is 12.2 Å². The molecule has 0 aliphatic carbocycles. The van der Waals surface area contributed by atoms with Crippen molar-refractivity contribution in [1.29, 1.82) is 0 Å². The molecule has 0 unspecified atom stereocenters. The Hall–Kier alpha value is -2.54. The van der Waals surface area contributed by atoms with E-state index in [1.807, 2.05) is 0 Å². The van der Waals surface area contributed by atoms with Gasteiger partial charge in [-0.1, -0.05) is 12.1 Å². The van der Waals surface area contributed by atoms with E-state index in [0.29, 0.717) is 17.1 Å². The maximum Gasteiger partial charge on any atom is 0.191 e. The summed E-state index contributed by atoms with van der Waals surface area (Å²) >= 11 is 5.09. The molecule has 0 saturated carbocycles. The van der Waals surface area contributed by atoms with Crippen LogP contribution in [0.3, 0.4) is 0 Å². The molecule has 0 atom stereocenters. The highest BCUT2D eigenvalue weighted by Crippen LogP contribution is 2.21. The van der Waals surface area contributed by atoms with Gasteiger partial charge in [0, 0.05) is 12.4 Å². The molecule has 7 heteroatoms. The smallest absolute Gasteiger partial charge is 0.191 e. The van der Waals surface area contributed by atoms with Crippen molar-refractivity contribution >= 4 is 28.7 Å². The van der Waals surface area contributed by atoms with E-state index < -0.39 is 0 Å². The minimum Gasteiger partial charge on any atom is -0.506 e. The van der Waals surface area contributed by atoms with Crippen LogP contribution in [0.2, 0.25) is 0 Å². The maximum absolute atomic E-state index is 9.61. The molecule has 2 rings (SSSR count). The molecule has 3 N–H and O–H groups in total. The van der Waals surface area contributed by atoms with Gasteiger partial charge in [0.25, 0.3) is 0 Å². The summed E-state index contributed by atoms with van der Waals surface area (Å²) in [5.74, 6) is 0.117. The third-order valence-corrected chi connectivity index (χ3v) is 2.60. The van der Waals surface area contributed by atoms with Crippen LogP contribution in [0.4, 0.5) is 5.69 Å². The molecule has 0 aliphatic rings. The Labute approximate surface area is 121 Å². The number of nitrogens with one attached hydrogen (secondary N) is 2. The predicted octanol–water partition coefficient (Wildman–Crippen LogP) is 1.89. The van der Waals surface area contributed by atoms with E-state index in [9.17, 15) is 5.11 Å². The fourth-order valence-electron chi connectivity index (χ4n) is 1.41. The third kappa shape index (κ3) is 3.72. The van der Waals surface area contributed by atoms with E-state index in [4.69, 9.17) is 12.2 Å². The number of rotatable bonds is 3. The summed E-state index contributed by atoms with van der Waals surface area (Å²) in [5.41, 5.74) is 4.51. The van der Waals surface area contributed by atoms with Gasteiger partial charge in [0.2, 0.25) is 0 Å². The molecular weight excluding hydrogens is 274 g/mol. The molecule has 102 valence electrons. The number of hydrogen-bond acceptors (Lipinski definition) is 5. The molecule has 20 heavy (non-hydrogen) atoms. The van der Waals surface area contributed by atoms with Crippen molar-refractivity contribution in [2.75, 3.05) is 5.32 Å². The fourth-order valence-corrected chi connectivity index (χ4v) is 1.56. The lowest BCUT2D eigenvalue weighted by atomic mass is 10.3. The van der Waals surface area contributed by atoms with Crippen molar-refractivity contribution in [3.05, 3.63) is 48.5 Å². The van der Waals surface area contributed by atoms with Gasteiger partial charge in [-0.2, -0.15) is 5.10 Å². The summed E-state index contributed by atoms with van der Waals surface area (Å²) in [6.45, 7) is 1.79. The number of nitrogens with zero attached hydrogens (tertiary/aromatic N) is 3. The highest BCUT2D eigenvalue weighted by molar-refractivity contribution is 7.80. The molecule has 0 radical (unpaired) electrons. The van der Waals surface area contributed by atoms with Gasteiger partial charge in [-0.3, -0.25) is 15.4 Å². The van der Waals surface area contributed by atoms with Gasteiger partial charge < -0.3 is 10.4 Å². The standard InChI is InChI=1S/C13H13N5OS/c1-9(11-8-14-6-7-15-11)17-18-13(20)16-10-4-2-3-5-12(10)19/h2-8,19H,1H3,(H2,16,18,20)/b17-9+. The van der Waals surface area contributed by atoms with Crippen LogP contribution < -0.4 is 10.7 Å². The van der Waals surface area contributed by atoms with Gasteiger partial charge in [-0.05, 0) is 31.3 Å². The quantitative estimate of drug-likeness (QED) is 0.346. The summed E-state index contributed by atoms with van der Waals surface area (Å²) in [4.78, 5) is 8.08. The first-order valence-corrected chi connectivity index (χ1v) is 6.23. The van der Waals surface area contributed by atoms with Crippen molar-refractivity contribution < 1.29 is 5.11 Å². The van der Waals surface area contributed by atoms with Crippen molar-refractivity contribution in [3.63, 3.8) is 0 Å². The number of hydrazone groups is 1. The number of aromatic hydroxyl groups is 1. The van der Waals surface area contributed by atoms with Crippen molar-refractivity contribution in [2.45, 2.75) is 6.92 Å². The molecule has 1 aromatic carbocycles. The average Bonchev–Trinajstić information content (AvgIpc) is 2.48. The average molecular weight is 287 g/mol. The summed E-state index contributed by atoms with van der Waals surface area (Å²) in [6.07, 6.45) is 4.79. The number of anilines is 1. The summed E-state index contributed by atoms with van der Waals surface area (Å²) in [5, 5.41) is 16.8. The van der Waals surface area contributed by atoms with E-state index in [-0.39, 0.29) is 10.9 Å². The van der Waals surface area contributed by atoms with Crippen LogP contribution in [0.1, 0.15) is 12.6 Å². The van der Waals surface area contributed by atoms with Crippen LogP contribution in [-0.4, -0.2) is 25.9 Å². The van der Waals surface area contributed by atoms with Crippen LogP contribution in [-0.2, 0) is 0 Å². The number of aromatic nitrogens is 2. The zero-order valence-corrected chi connectivity index (χ0v) is 11.6. The predicted molar refractivity (Wildman–Crippen MR) is 81.7 cm³/mol. The lowest BCUT2D eigenvalue weighted by Gasteiger charge is -2.09. The molecule has 0 fully saturated rings. The fraction of sp³-hybridized carbons (Fsp3) is 0.0769. The molecular formula is C13H13N5OS. The summed E-state index contributed by atoms with van der Waals surface area (Å²) < 4.78 is 0. The molecule has 0 amide bonds. The van der Waals surface area contributed by atoms with Gasteiger partial charge in [0.05, 0.1) is 17.6 Å². The Bertz CT molecular complexity index is 630. The third-order valence-electron chi connectivity index (χ3n) is 2.41. The molecule has 2 aromatic rings. The number of thiocarbonyl (C=S) groups is 1. The SMILES string of the molecule is C/C(=N\NC(=S)Nc1ccccc1O)c1cnccn1. The normalized spacial score (nSPS) is 10.9. The zero-order chi connectivity index (χ0) is 14.4. The molecule has 1 heterocycles. The van der Waals surface area contributed by atoms with E-state index >= 15 is 0 Å². The minimum atomic E-state index is 0.117. The summed E-state index contributed by atoms with van der Waals surface area (Å²) in [7, 11) is 0. The molecule has 0 saturated heterocycles. The van der Waals surface area contributed by atoms with Gasteiger partial charge in [-0.25, -0.2) is 0 Å². The van der Waals surface area contributed by atoms with E-state index in [0.717, 1.165) is 0 Å². The van der Waals surface area contributed by atoms with Crippen molar-refractivity contribution in [3.8, 4) is 5.75 Å². The van der Waals surface area contributed by atoms with Gasteiger partial charge >= 0.3 is 0 Å². The van der Waals surface area contributed by atoms with Gasteiger partial charge in [0.1, 0.15) is 11.4 Å². The van der Waals surface area contributed by atoms with Crippen molar-refractivity contribution in [2.24, 2.45) is 5.10 Å². The first kappa shape index (κ1) is 13.9. The topological polar surface area (TPSA) is 82.4 Å². The molecule has 1 aromatic heterocycles. The number of hydrogen-bond donors (Lipinski definition) is 3. The van der Waals surface area contributed by atoms with E-state index in [1.54, 1.807) is 49.8 Å². The van der Waals surface area contributed by atoms with Crippen LogP contribution in [0.15, 0.2) is 48.0 Å². The van der Waals surface area contributed by atoms with Gasteiger partial charge in [-0.15, -0.1) is 0 Å². The second-order valence-electron chi connectivity index (χ2n) is 3.87.